The Morgan fingerprint density at radius 2 is 1.74 bits per heavy atom. The SMILES string of the molecule is COc1ccc2c3c1O[C@H]1C(OC)(OC)C=C[C@]45CC[N+](Cc6ccccc6)(CC[C@]314)[C@@H]5C2.[I-]. The number of quaternary nitrogens is 1. The van der Waals surface area contributed by atoms with Gasteiger partial charge in [0.05, 0.1) is 31.0 Å². The molecular formula is C28H32INO4. The third-order valence-corrected chi connectivity index (χ3v) is 9.94. The Morgan fingerprint density at radius 3 is 2.47 bits per heavy atom. The maximum atomic E-state index is 6.86. The lowest BCUT2D eigenvalue weighted by Gasteiger charge is -2.63. The van der Waals surface area contributed by atoms with E-state index in [1.165, 1.54) is 29.7 Å². The molecule has 0 saturated carbocycles. The number of benzene rings is 2. The number of rotatable bonds is 5. The summed E-state index contributed by atoms with van der Waals surface area (Å²) in [4.78, 5) is 0. The van der Waals surface area contributed by atoms with Crippen LogP contribution in [0.5, 0.6) is 11.5 Å². The number of piperidine rings is 1. The van der Waals surface area contributed by atoms with Crippen LogP contribution in [0.1, 0.15) is 29.5 Å². The summed E-state index contributed by atoms with van der Waals surface area (Å²) in [6.07, 6.45) is 7.73. The molecule has 1 unspecified atom stereocenters. The molecule has 3 heterocycles. The van der Waals surface area contributed by atoms with Crippen molar-refractivity contribution >= 4 is 0 Å². The summed E-state index contributed by atoms with van der Waals surface area (Å²) in [7, 11) is 5.21. The van der Waals surface area contributed by atoms with E-state index >= 15 is 0 Å². The van der Waals surface area contributed by atoms with Crippen LogP contribution in [-0.2, 0) is 27.9 Å². The van der Waals surface area contributed by atoms with Crippen molar-refractivity contribution in [1.82, 2.24) is 0 Å². The normalized spacial score (nSPS) is 36.9. The molecule has 0 N–H and O–H groups in total. The topological polar surface area (TPSA) is 36.9 Å². The Kier molecular flexibility index (Phi) is 5.00. The summed E-state index contributed by atoms with van der Waals surface area (Å²) in [6.45, 7) is 3.45. The Bertz CT molecular complexity index is 1160. The highest BCUT2D eigenvalue weighted by Crippen LogP contribution is 2.73. The second-order valence-electron chi connectivity index (χ2n) is 10.6. The number of methoxy groups -OCH3 is 3. The number of ether oxygens (including phenoxy) is 4. The second kappa shape index (κ2) is 7.45. The molecule has 2 saturated heterocycles. The van der Waals surface area contributed by atoms with Crippen LogP contribution in [0, 0.1) is 5.41 Å². The van der Waals surface area contributed by atoms with E-state index in [2.05, 4.69) is 54.6 Å². The number of nitrogens with zero attached hydrogens (tertiary/aromatic N) is 1. The monoisotopic (exact) mass is 573 g/mol. The zero-order chi connectivity index (χ0) is 22.5. The van der Waals surface area contributed by atoms with E-state index < -0.39 is 5.79 Å². The van der Waals surface area contributed by atoms with Gasteiger partial charge in [-0.25, -0.2) is 0 Å². The largest absolute Gasteiger partial charge is 1.00 e. The van der Waals surface area contributed by atoms with E-state index in [0.717, 1.165) is 41.9 Å². The molecule has 2 aromatic rings. The van der Waals surface area contributed by atoms with Crippen LogP contribution in [0.3, 0.4) is 0 Å². The number of hydrogen-bond donors (Lipinski definition) is 0. The van der Waals surface area contributed by atoms with E-state index in [0.29, 0.717) is 6.04 Å². The van der Waals surface area contributed by atoms with Crippen molar-refractivity contribution in [2.45, 2.75) is 49.2 Å². The molecule has 0 radical (unpaired) electrons. The van der Waals surface area contributed by atoms with Crippen LogP contribution >= 0.6 is 0 Å². The van der Waals surface area contributed by atoms with Crippen molar-refractivity contribution in [3.05, 3.63) is 71.3 Å². The van der Waals surface area contributed by atoms with Crippen LogP contribution in [0.2, 0.25) is 0 Å². The molecule has 0 aromatic heterocycles. The van der Waals surface area contributed by atoms with E-state index in [-0.39, 0.29) is 40.9 Å². The maximum absolute atomic E-state index is 6.86. The van der Waals surface area contributed by atoms with Crippen molar-refractivity contribution in [3.63, 3.8) is 0 Å². The van der Waals surface area contributed by atoms with Crippen LogP contribution in [0.15, 0.2) is 54.6 Å². The minimum Gasteiger partial charge on any atom is -1.00 e. The van der Waals surface area contributed by atoms with E-state index in [4.69, 9.17) is 18.9 Å². The lowest BCUT2D eigenvalue weighted by Crippen LogP contribution is -3.00. The molecule has 2 aliphatic carbocycles. The van der Waals surface area contributed by atoms with Crippen LogP contribution in [0.25, 0.3) is 0 Å². The molecule has 4 bridgehead atoms. The van der Waals surface area contributed by atoms with E-state index in [1.54, 1.807) is 21.3 Å². The summed E-state index contributed by atoms with van der Waals surface area (Å²) in [5.74, 6) is 0.833. The van der Waals surface area contributed by atoms with Crippen molar-refractivity contribution in [2.75, 3.05) is 34.4 Å². The standard InChI is InChI=1S/C28H32NO4.HI/c1-30-21-10-9-20-17-22-26-11-12-28(31-2,32-3)25-27(26,23(20)24(21)33-25)14-16-29(22,15-13-26)18-19-7-5-4-6-8-19;/h4-12,22,25H,13-18H2,1-3H3;1H/q+1;/p-1/t22-,25-,26-,27+,29?;/m1./s1. The van der Waals surface area contributed by atoms with Crippen LogP contribution in [-0.4, -0.2) is 56.8 Å². The van der Waals surface area contributed by atoms with Crippen LogP contribution < -0.4 is 33.5 Å². The van der Waals surface area contributed by atoms with Gasteiger partial charge in [-0.3, -0.25) is 0 Å². The molecule has 3 aliphatic heterocycles. The molecule has 0 amide bonds. The van der Waals surface area contributed by atoms with Gasteiger partial charge in [0.15, 0.2) is 17.6 Å². The minimum absolute atomic E-state index is 0. The van der Waals surface area contributed by atoms with Gasteiger partial charge in [-0.15, -0.1) is 0 Å². The first kappa shape index (κ1) is 22.8. The Hall–Kier alpha value is -1.61. The van der Waals surface area contributed by atoms with Crippen LogP contribution in [0.4, 0.5) is 0 Å². The van der Waals surface area contributed by atoms with Gasteiger partial charge in [0.2, 0.25) is 5.79 Å². The molecule has 7 rings (SSSR count). The van der Waals surface area contributed by atoms with Crippen molar-refractivity contribution in [1.29, 1.82) is 0 Å². The lowest BCUT2D eigenvalue weighted by molar-refractivity contribution is -0.961. The van der Waals surface area contributed by atoms with Gasteiger partial charge in [-0.2, -0.15) is 0 Å². The predicted octanol–water partition coefficient (Wildman–Crippen LogP) is 0.992. The van der Waals surface area contributed by atoms with Gasteiger partial charge in [0.1, 0.15) is 12.6 Å². The first-order chi connectivity index (χ1) is 16.1. The number of halogens is 1. The highest BCUT2D eigenvalue weighted by Gasteiger charge is 2.80. The molecule has 5 nitrogen and oxygen atoms in total. The average Bonchev–Trinajstić information content (AvgIpc) is 3.31. The first-order valence-electron chi connectivity index (χ1n) is 12.2. The van der Waals surface area contributed by atoms with Gasteiger partial charge in [-0.1, -0.05) is 42.5 Å². The molecule has 180 valence electrons. The molecule has 5 aliphatic rings. The summed E-state index contributed by atoms with van der Waals surface area (Å²) < 4.78 is 26.0. The average molecular weight is 573 g/mol. The molecular weight excluding hydrogens is 541 g/mol. The van der Waals surface area contributed by atoms with Gasteiger partial charge >= 0.3 is 0 Å². The van der Waals surface area contributed by atoms with Gasteiger partial charge in [-0.05, 0) is 17.7 Å². The Morgan fingerprint density at radius 1 is 0.971 bits per heavy atom. The fourth-order valence-corrected chi connectivity index (χ4v) is 8.62. The Labute approximate surface area is 218 Å². The Balaban J connectivity index is 0.00000217. The molecule has 2 fully saturated rings. The second-order valence-corrected chi connectivity index (χ2v) is 10.6. The first-order valence-corrected chi connectivity index (χ1v) is 12.2. The van der Waals surface area contributed by atoms with Crippen molar-refractivity contribution in [3.8, 4) is 11.5 Å². The summed E-state index contributed by atoms with van der Waals surface area (Å²) >= 11 is 0. The maximum Gasteiger partial charge on any atom is 0.226 e. The number of hydrogen-bond acceptors (Lipinski definition) is 4. The van der Waals surface area contributed by atoms with Gasteiger partial charge in [0, 0.05) is 44.6 Å². The quantitative estimate of drug-likeness (QED) is 0.232. The summed E-state index contributed by atoms with van der Waals surface area (Å²) in [5.41, 5.74) is 4.10. The summed E-state index contributed by atoms with van der Waals surface area (Å²) in [5, 5.41) is 0. The molecule has 2 aromatic carbocycles. The van der Waals surface area contributed by atoms with E-state index in [9.17, 15) is 0 Å². The van der Waals surface area contributed by atoms with Crippen molar-refractivity contribution in [2.24, 2.45) is 5.41 Å². The third kappa shape index (κ3) is 2.41. The fourth-order valence-electron chi connectivity index (χ4n) is 8.62. The highest BCUT2D eigenvalue weighted by molar-refractivity contribution is 5.64. The van der Waals surface area contributed by atoms with Gasteiger partial charge < -0.3 is 47.4 Å². The summed E-state index contributed by atoms with van der Waals surface area (Å²) in [6, 6.07) is 15.9. The zero-order valence-corrected chi connectivity index (χ0v) is 22.2. The fraction of sp³-hybridized carbons (Fsp3) is 0.500. The van der Waals surface area contributed by atoms with Gasteiger partial charge in [0.25, 0.3) is 0 Å². The molecule has 5 atom stereocenters. The van der Waals surface area contributed by atoms with Crippen molar-refractivity contribution < 1.29 is 47.4 Å². The highest BCUT2D eigenvalue weighted by atomic mass is 127. The molecule has 6 heteroatoms. The smallest absolute Gasteiger partial charge is 0.226 e. The van der Waals surface area contributed by atoms with E-state index in [1.807, 2.05) is 0 Å². The predicted molar refractivity (Wildman–Crippen MR) is 124 cm³/mol. The third-order valence-electron chi connectivity index (χ3n) is 9.94. The zero-order valence-electron chi connectivity index (χ0n) is 20.1. The molecule has 2 spiro atoms. The lowest BCUT2D eigenvalue weighted by atomic mass is 9.45. The molecule has 34 heavy (non-hydrogen) atoms. The minimum atomic E-state index is -0.899.